The number of fused-ring (bicyclic) bond motifs is 5. The third-order valence-electron chi connectivity index (χ3n) is 9.95. The molecule has 5 rings (SSSR count). The molecule has 8 atom stereocenters. The summed E-state index contributed by atoms with van der Waals surface area (Å²) in [6, 6.07) is 8.01. The number of aliphatic hydroxyl groups is 1. The largest absolute Gasteiger partial charge is 0.497 e. The van der Waals surface area contributed by atoms with Gasteiger partial charge >= 0.3 is 0 Å². The van der Waals surface area contributed by atoms with Crippen molar-refractivity contribution in [1.82, 2.24) is 0 Å². The van der Waals surface area contributed by atoms with Crippen LogP contribution in [0.15, 0.2) is 36.4 Å². The van der Waals surface area contributed by atoms with Crippen molar-refractivity contribution in [2.24, 2.45) is 40.4 Å². The van der Waals surface area contributed by atoms with Crippen molar-refractivity contribution in [2.45, 2.75) is 71.7 Å². The summed E-state index contributed by atoms with van der Waals surface area (Å²) in [6.45, 7) is 13.7. The molecule has 1 N–H and O–H groups in total. The summed E-state index contributed by atoms with van der Waals surface area (Å²) >= 11 is 0. The molecule has 0 unspecified atom stereocenters. The molecule has 0 spiro atoms. The van der Waals surface area contributed by atoms with Crippen LogP contribution in [0.3, 0.4) is 0 Å². The Morgan fingerprint density at radius 1 is 1.16 bits per heavy atom. The fourth-order valence-electron chi connectivity index (χ4n) is 8.42. The van der Waals surface area contributed by atoms with Gasteiger partial charge in [-0.25, -0.2) is 0 Å². The van der Waals surface area contributed by atoms with Gasteiger partial charge in [0.25, 0.3) is 0 Å². The van der Waals surface area contributed by atoms with Crippen molar-refractivity contribution in [3.63, 3.8) is 0 Å². The van der Waals surface area contributed by atoms with Crippen LogP contribution in [-0.2, 0) is 16.1 Å². The van der Waals surface area contributed by atoms with E-state index in [0.717, 1.165) is 36.1 Å². The first-order valence-electron chi connectivity index (χ1n) is 12.2. The van der Waals surface area contributed by atoms with E-state index in [2.05, 4.69) is 34.3 Å². The van der Waals surface area contributed by atoms with Crippen molar-refractivity contribution in [2.75, 3.05) is 7.11 Å². The number of hydrogen-bond donors (Lipinski definition) is 1. The standard InChI is InChI=1S/C28H38O4/c1-16-11-20-22(12-17(2)25(20)32-15-18-7-9-19(31-6)10-8-18)28(30)21(16)13-23-26(3,4)14-24(29)27(23,28)5/h7-10,17,20-23,25,30H,1,11-15H2,2-6H3/t17-,20+,21-,22+,23+,25+,27+,28-/m0/s1. The third kappa shape index (κ3) is 2.78. The third-order valence-corrected chi connectivity index (χ3v) is 9.95. The van der Waals surface area contributed by atoms with Crippen LogP contribution in [0.1, 0.15) is 58.9 Å². The van der Waals surface area contributed by atoms with Crippen LogP contribution >= 0.6 is 0 Å². The van der Waals surface area contributed by atoms with Crippen molar-refractivity contribution >= 4 is 5.78 Å². The minimum atomic E-state index is -1.00. The zero-order chi connectivity index (χ0) is 23.1. The summed E-state index contributed by atoms with van der Waals surface area (Å²) in [6.07, 6.45) is 3.33. The maximum Gasteiger partial charge on any atom is 0.142 e. The molecule has 4 aliphatic carbocycles. The summed E-state index contributed by atoms with van der Waals surface area (Å²) < 4.78 is 11.8. The quantitative estimate of drug-likeness (QED) is 0.658. The molecule has 0 radical (unpaired) electrons. The van der Waals surface area contributed by atoms with Crippen LogP contribution in [0, 0.1) is 40.4 Å². The lowest BCUT2D eigenvalue weighted by molar-refractivity contribution is -0.169. The van der Waals surface area contributed by atoms with Gasteiger partial charge in [0.2, 0.25) is 0 Å². The molecule has 0 amide bonds. The summed E-state index contributed by atoms with van der Waals surface area (Å²) in [5.74, 6) is 1.96. The predicted molar refractivity (Wildman–Crippen MR) is 124 cm³/mol. The molecule has 1 aromatic rings. The van der Waals surface area contributed by atoms with Crippen molar-refractivity contribution in [3.8, 4) is 5.75 Å². The Labute approximate surface area is 192 Å². The first-order chi connectivity index (χ1) is 15.0. The number of Topliss-reactive ketones (excluding diaryl/α,β-unsaturated/α-hetero) is 1. The molecule has 4 nitrogen and oxygen atoms in total. The second-order valence-corrected chi connectivity index (χ2v) is 11.9. The summed E-state index contributed by atoms with van der Waals surface area (Å²) in [5.41, 5.74) is 0.490. The minimum Gasteiger partial charge on any atom is -0.497 e. The van der Waals surface area contributed by atoms with E-state index in [1.807, 2.05) is 24.3 Å². The number of benzene rings is 1. The molecule has 4 fully saturated rings. The van der Waals surface area contributed by atoms with Gasteiger partial charge in [0.1, 0.15) is 11.5 Å². The normalized spacial score (nSPS) is 44.3. The molecule has 4 aliphatic rings. The van der Waals surface area contributed by atoms with E-state index in [9.17, 15) is 9.90 Å². The number of hydrogen-bond acceptors (Lipinski definition) is 4. The Bertz CT molecular complexity index is 933. The highest BCUT2D eigenvalue weighted by molar-refractivity contribution is 5.90. The lowest BCUT2D eigenvalue weighted by Gasteiger charge is -2.52. The average molecular weight is 439 g/mol. The van der Waals surface area contributed by atoms with Crippen LogP contribution in [0.5, 0.6) is 5.75 Å². The van der Waals surface area contributed by atoms with E-state index in [1.54, 1.807) is 7.11 Å². The number of ketones is 1. The van der Waals surface area contributed by atoms with Gasteiger partial charge in [-0.15, -0.1) is 0 Å². The van der Waals surface area contributed by atoms with Crippen LogP contribution in [0.25, 0.3) is 0 Å². The van der Waals surface area contributed by atoms with E-state index < -0.39 is 11.0 Å². The Morgan fingerprint density at radius 3 is 2.50 bits per heavy atom. The fraction of sp³-hybridized carbons (Fsp3) is 0.679. The maximum atomic E-state index is 13.4. The maximum absolute atomic E-state index is 13.4. The molecule has 0 heterocycles. The van der Waals surface area contributed by atoms with Crippen LogP contribution in [-0.4, -0.2) is 29.7 Å². The zero-order valence-corrected chi connectivity index (χ0v) is 20.2. The highest BCUT2D eigenvalue weighted by Gasteiger charge is 2.76. The van der Waals surface area contributed by atoms with Crippen molar-refractivity contribution in [1.29, 1.82) is 0 Å². The number of ether oxygens (including phenoxy) is 2. The highest BCUT2D eigenvalue weighted by Crippen LogP contribution is 2.73. The molecule has 0 bridgehead atoms. The Hall–Kier alpha value is -1.65. The Morgan fingerprint density at radius 2 is 1.84 bits per heavy atom. The molecule has 4 heteroatoms. The molecule has 0 aromatic heterocycles. The smallest absolute Gasteiger partial charge is 0.142 e. The molecule has 174 valence electrons. The SMILES string of the molecule is C=C1C[C@H]2[C@H](OCc3ccc(OC)cc3)[C@@H](C)C[C@H]2[C@@]2(O)[C@H]1C[C@@H]1C(C)(C)CC(=O)[C@@]12C. The molecule has 0 saturated heterocycles. The van der Waals surface area contributed by atoms with E-state index in [4.69, 9.17) is 9.47 Å². The Kier molecular flexibility index (Phi) is 4.97. The second-order valence-electron chi connectivity index (χ2n) is 11.9. The Balaban J connectivity index is 1.43. The van der Waals surface area contributed by atoms with E-state index in [0.29, 0.717) is 18.9 Å². The average Bonchev–Trinajstić information content (AvgIpc) is 3.26. The summed E-state index contributed by atoms with van der Waals surface area (Å²) in [5, 5.41) is 12.5. The first-order valence-corrected chi connectivity index (χ1v) is 12.2. The minimum absolute atomic E-state index is 0.0230. The van der Waals surface area contributed by atoms with Gasteiger partial charge < -0.3 is 14.6 Å². The van der Waals surface area contributed by atoms with Gasteiger partial charge in [-0.2, -0.15) is 0 Å². The van der Waals surface area contributed by atoms with Gasteiger partial charge in [-0.05, 0) is 73.0 Å². The molecular formula is C28H38O4. The number of methoxy groups -OCH3 is 1. The summed E-state index contributed by atoms with van der Waals surface area (Å²) in [4.78, 5) is 13.4. The number of carbonyl (C=O) groups is 1. The molecular weight excluding hydrogens is 400 g/mol. The van der Waals surface area contributed by atoms with Gasteiger partial charge in [0.05, 0.1) is 30.8 Å². The number of carbonyl (C=O) groups excluding carboxylic acids is 1. The van der Waals surface area contributed by atoms with E-state index >= 15 is 0 Å². The number of rotatable bonds is 4. The van der Waals surface area contributed by atoms with E-state index in [-0.39, 0.29) is 41.0 Å². The lowest BCUT2D eigenvalue weighted by Crippen LogP contribution is -2.60. The van der Waals surface area contributed by atoms with E-state index in [1.165, 1.54) is 0 Å². The fourth-order valence-corrected chi connectivity index (χ4v) is 8.42. The van der Waals surface area contributed by atoms with Crippen LogP contribution < -0.4 is 4.74 Å². The molecule has 0 aliphatic heterocycles. The van der Waals surface area contributed by atoms with Gasteiger partial charge in [-0.1, -0.05) is 45.1 Å². The second kappa shape index (κ2) is 7.17. The van der Waals surface area contributed by atoms with Crippen molar-refractivity contribution < 1.29 is 19.4 Å². The first kappa shape index (κ1) is 22.2. The molecule has 32 heavy (non-hydrogen) atoms. The molecule has 4 saturated carbocycles. The summed E-state index contributed by atoms with van der Waals surface area (Å²) in [7, 11) is 1.67. The lowest BCUT2D eigenvalue weighted by atomic mass is 9.55. The predicted octanol–water partition coefficient (Wildman–Crippen LogP) is 5.19. The van der Waals surface area contributed by atoms with Crippen LogP contribution in [0.2, 0.25) is 0 Å². The topological polar surface area (TPSA) is 55.8 Å². The zero-order valence-electron chi connectivity index (χ0n) is 20.2. The monoisotopic (exact) mass is 438 g/mol. The van der Waals surface area contributed by atoms with Gasteiger partial charge in [-0.3, -0.25) is 4.79 Å². The van der Waals surface area contributed by atoms with Crippen molar-refractivity contribution in [3.05, 3.63) is 42.0 Å². The van der Waals surface area contributed by atoms with Gasteiger partial charge in [0, 0.05) is 12.3 Å². The molecule has 1 aromatic carbocycles. The van der Waals surface area contributed by atoms with Crippen LogP contribution in [0.4, 0.5) is 0 Å². The highest BCUT2D eigenvalue weighted by atomic mass is 16.5. The van der Waals surface area contributed by atoms with Gasteiger partial charge in [0.15, 0.2) is 0 Å².